The molecule has 0 N–H and O–H groups in total. The third-order valence-electron chi connectivity index (χ3n) is 6.68. The van der Waals surface area contributed by atoms with Crippen LogP contribution < -0.4 is 0 Å². The molecule has 2 aromatic rings. The van der Waals surface area contributed by atoms with Gasteiger partial charge in [0.15, 0.2) is 9.74 Å². The molecule has 4 unspecified atom stereocenters. The highest BCUT2D eigenvalue weighted by molar-refractivity contribution is 8.78. The highest BCUT2D eigenvalue weighted by atomic mass is 33.1. The number of hydrogen-bond acceptors (Lipinski definition) is 5. The molecule has 0 aromatic heterocycles. The van der Waals surface area contributed by atoms with E-state index in [2.05, 4.69) is 18.2 Å². The van der Waals surface area contributed by atoms with E-state index in [1.54, 1.807) is 23.8 Å². The Hall–Kier alpha value is -2.43. The molecule has 5 nitrogen and oxygen atoms in total. The number of hydrogen-bond donors (Lipinski definition) is 0. The summed E-state index contributed by atoms with van der Waals surface area (Å²) < 4.78 is 0. The Morgan fingerprint density at radius 3 is 2.23 bits per heavy atom. The number of carbonyl (C=O) groups is 2. The minimum Gasteiger partial charge on any atom is -0.319 e. The van der Waals surface area contributed by atoms with E-state index in [4.69, 9.17) is 0 Å². The first-order chi connectivity index (χ1) is 14.3. The van der Waals surface area contributed by atoms with Crippen molar-refractivity contribution < 1.29 is 9.59 Å². The summed E-state index contributed by atoms with van der Waals surface area (Å²) in [5.41, 5.74) is 2.22. The summed E-state index contributed by atoms with van der Waals surface area (Å²) in [5, 5.41) is 10.1. The minimum absolute atomic E-state index is 0.0850. The first-order valence-corrected chi connectivity index (χ1v) is 12.0. The molecule has 4 heterocycles. The highest BCUT2D eigenvalue weighted by Gasteiger charge is 2.74. The maximum atomic E-state index is 13.6. The molecule has 0 radical (unpaired) electrons. The summed E-state index contributed by atoms with van der Waals surface area (Å²) in [6.45, 7) is 3.67. The van der Waals surface area contributed by atoms with Gasteiger partial charge < -0.3 is 9.80 Å². The zero-order chi connectivity index (χ0) is 21.3. The molecule has 0 aliphatic carbocycles. The van der Waals surface area contributed by atoms with E-state index in [0.717, 1.165) is 16.7 Å². The number of carbonyl (C=O) groups excluding carboxylic acids is 2. The highest BCUT2D eigenvalue weighted by Crippen LogP contribution is 2.69. The van der Waals surface area contributed by atoms with Crippen molar-refractivity contribution in [2.24, 2.45) is 5.41 Å². The van der Waals surface area contributed by atoms with E-state index in [0.29, 0.717) is 6.42 Å². The topological polar surface area (TPSA) is 64.4 Å². The fourth-order valence-electron chi connectivity index (χ4n) is 4.91. The van der Waals surface area contributed by atoms with Crippen LogP contribution in [0.3, 0.4) is 0 Å². The Labute approximate surface area is 183 Å². The number of likely N-dealkylation sites (N-methyl/N-ethyl adjacent to an activating group) is 1. The SMILES string of the molecule is CN1C(=O)C23CC(C)(C#N)C(c4ccc(-c5ccccc5)cc4)N2C(=O)C1(C)SS3. The van der Waals surface area contributed by atoms with Crippen molar-refractivity contribution in [3.05, 3.63) is 60.2 Å². The van der Waals surface area contributed by atoms with Gasteiger partial charge in [0.1, 0.15) is 0 Å². The summed E-state index contributed by atoms with van der Waals surface area (Å²) in [4.78, 5) is 28.3. The van der Waals surface area contributed by atoms with Crippen LogP contribution in [0.15, 0.2) is 54.6 Å². The predicted molar refractivity (Wildman–Crippen MR) is 119 cm³/mol. The van der Waals surface area contributed by atoms with E-state index in [1.165, 1.54) is 21.6 Å². The number of amides is 2. The number of piperazine rings is 1. The maximum Gasteiger partial charge on any atom is 0.261 e. The lowest BCUT2D eigenvalue weighted by atomic mass is 9.79. The molecule has 4 aliphatic heterocycles. The van der Waals surface area contributed by atoms with Crippen LogP contribution in [0.5, 0.6) is 0 Å². The number of nitrogens with zero attached hydrogens (tertiary/aromatic N) is 3. The second-order valence-corrected chi connectivity index (χ2v) is 11.4. The summed E-state index contributed by atoms with van der Waals surface area (Å²) in [6, 6.07) is 20.1. The molecule has 4 atom stereocenters. The van der Waals surface area contributed by atoms with Crippen molar-refractivity contribution >= 4 is 33.4 Å². The van der Waals surface area contributed by atoms with Crippen LogP contribution >= 0.6 is 21.6 Å². The molecule has 2 amide bonds. The Kier molecular flexibility index (Phi) is 4.09. The Morgan fingerprint density at radius 1 is 0.967 bits per heavy atom. The lowest BCUT2D eigenvalue weighted by Gasteiger charge is -2.57. The predicted octanol–water partition coefficient (Wildman–Crippen LogP) is 4.44. The van der Waals surface area contributed by atoms with Crippen LogP contribution in [-0.2, 0) is 9.59 Å². The first kappa shape index (κ1) is 19.5. The molecule has 0 saturated carbocycles. The summed E-state index contributed by atoms with van der Waals surface area (Å²) in [6.07, 6.45) is 0.324. The van der Waals surface area contributed by atoms with Crippen molar-refractivity contribution in [3.8, 4) is 17.2 Å². The molecular formula is C23H21N3O2S2. The van der Waals surface area contributed by atoms with Crippen LogP contribution in [-0.4, -0.2) is 38.4 Å². The Bertz CT molecular complexity index is 1100. The van der Waals surface area contributed by atoms with Crippen molar-refractivity contribution in [2.45, 2.75) is 36.1 Å². The van der Waals surface area contributed by atoms with Crippen LogP contribution in [0.1, 0.15) is 31.9 Å². The standard InChI is InChI=1S/C23H21N3O2S2/c1-21(14-24)13-23-20(28)25(3)22(2,29-30-23)19(27)26(23)18(21)17-11-9-16(10-12-17)15-7-5-4-6-8-15/h4-12,18H,13H2,1-3H3. The average Bonchev–Trinajstić information content (AvgIpc) is 3.06. The van der Waals surface area contributed by atoms with Gasteiger partial charge in [-0.2, -0.15) is 5.26 Å². The third-order valence-corrected chi connectivity index (χ3v) is 10.4. The van der Waals surface area contributed by atoms with Crippen LogP contribution in [0.25, 0.3) is 11.1 Å². The quantitative estimate of drug-likeness (QED) is 0.653. The number of fused-ring (bicyclic) bond motifs is 2. The van der Waals surface area contributed by atoms with E-state index in [9.17, 15) is 14.9 Å². The van der Waals surface area contributed by atoms with Crippen LogP contribution in [0, 0.1) is 16.7 Å². The normalized spacial score (nSPS) is 34.8. The van der Waals surface area contributed by atoms with Gasteiger partial charge in [0.2, 0.25) is 0 Å². The second kappa shape index (κ2) is 6.29. The van der Waals surface area contributed by atoms with Gasteiger partial charge in [-0.3, -0.25) is 9.59 Å². The molecule has 2 aromatic carbocycles. The third kappa shape index (κ3) is 2.32. The molecule has 7 heteroatoms. The Morgan fingerprint density at radius 2 is 1.60 bits per heavy atom. The van der Waals surface area contributed by atoms with Crippen LogP contribution in [0.4, 0.5) is 0 Å². The van der Waals surface area contributed by atoms with Gasteiger partial charge in [-0.25, -0.2) is 0 Å². The monoisotopic (exact) mass is 435 g/mol. The zero-order valence-electron chi connectivity index (χ0n) is 17.0. The lowest BCUT2D eigenvalue weighted by Crippen LogP contribution is -2.73. The van der Waals surface area contributed by atoms with Gasteiger partial charge >= 0.3 is 0 Å². The molecule has 4 saturated heterocycles. The van der Waals surface area contributed by atoms with Gasteiger partial charge in [-0.15, -0.1) is 0 Å². The smallest absolute Gasteiger partial charge is 0.261 e. The zero-order valence-corrected chi connectivity index (χ0v) is 18.6. The maximum absolute atomic E-state index is 13.6. The molecular weight excluding hydrogens is 414 g/mol. The van der Waals surface area contributed by atoms with Crippen molar-refractivity contribution in [2.75, 3.05) is 7.05 Å². The number of benzene rings is 2. The van der Waals surface area contributed by atoms with Crippen molar-refractivity contribution in [1.29, 1.82) is 5.26 Å². The average molecular weight is 436 g/mol. The summed E-state index contributed by atoms with van der Waals surface area (Å²) in [7, 11) is 4.56. The van der Waals surface area contributed by atoms with E-state index >= 15 is 0 Å². The molecule has 2 bridgehead atoms. The number of rotatable bonds is 2. The van der Waals surface area contributed by atoms with Crippen LogP contribution in [0.2, 0.25) is 0 Å². The van der Waals surface area contributed by atoms with Gasteiger partial charge in [-0.1, -0.05) is 76.2 Å². The Balaban J connectivity index is 1.62. The van der Waals surface area contributed by atoms with Gasteiger partial charge in [0.05, 0.1) is 17.5 Å². The second-order valence-electron chi connectivity index (χ2n) is 8.57. The first-order valence-electron chi connectivity index (χ1n) is 9.82. The molecule has 4 aliphatic rings. The van der Waals surface area contributed by atoms with Gasteiger partial charge in [0, 0.05) is 13.5 Å². The molecule has 4 fully saturated rings. The van der Waals surface area contributed by atoms with Gasteiger partial charge in [0.25, 0.3) is 11.8 Å². The largest absolute Gasteiger partial charge is 0.319 e. The minimum atomic E-state index is -1.03. The number of nitriles is 1. The lowest BCUT2D eigenvalue weighted by molar-refractivity contribution is -0.164. The summed E-state index contributed by atoms with van der Waals surface area (Å²) in [5.74, 6) is -0.178. The van der Waals surface area contributed by atoms with Crippen molar-refractivity contribution in [1.82, 2.24) is 9.80 Å². The van der Waals surface area contributed by atoms with E-state index in [-0.39, 0.29) is 11.8 Å². The van der Waals surface area contributed by atoms with E-state index in [1.807, 2.05) is 49.4 Å². The molecule has 30 heavy (non-hydrogen) atoms. The fraction of sp³-hybridized carbons (Fsp3) is 0.348. The fourth-order valence-corrected chi connectivity index (χ4v) is 8.49. The van der Waals surface area contributed by atoms with Crippen molar-refractivity contribution in [3.63, 3.8) is 0 Å². The van der Waals surface area contributed by atoms with E-state index < -0.39 is 21.2 Å². The summed E-state index contributed by atoms with van der Waals surface area (Å²) >= 11 is 0. The molecule has 6 rings (SSSR count). The van der Waals surface area contributed by atoms with Gasteiger partial charge in [-0.05, 0) is 30.5 Å². The molecule has 1 spiro atoms. The molecule has 152 valence electrons.